The number of hydrogen-bond acceptors (Lipinski definition) is 4. The van der Waals surface area contributed by atoms with Crippen LogP contribution in [0.5, 0.6) is 0 Å². The Morgan fingerprint density at radius 2 is 1.73 bits per heavy atom. The number of carbonyl (C=O) groups excluding carboxylic acids is 1. The van der Waals surface area contributed by atoms with Gasteiger partial charge in [0.05, 0.1) is 19.8 Å². The highest BCUT2D eigenvalue weighted by Crippen LogP contribution is 2.34. The minimum atomic E-state index is -0.00258. The number of carbonyl (C=O) groups is 1. The topological polar surface area (TPSA) is 78.0 Å². The van der Waals surface area contributed by atoms with Crippen molar-refractivity contribution in [3.63, 3.8) is 0 Å². The smallest absolute Gasteiger partial charge is 0.216 e. The van der Waals surface area contributed by atoms with E-state index in [4.69, 9.17) is 9.73 Å². The number of aliphatic imine (C=N–C) groups is 1. The standard InChI is InChI=1S/C18H35N5O2.HI/c1-3-19-17(21-10-9-20-16(2)24)22-15-18(7-5-4-6-8-18)23-11-13-25-14-12-23;/h3-15H2,1-2H3,(H,20,24)(H2,19,21,22);1H. The molecule has 1 aliphatic heterocycles. The van der Waals surface area contributed by atoms with Crippen molar-refractivity contribution in [1.82, 2.24) is 20.9 Å². The fraction of sp³-hybridized carbons (Fsp3) is 0.889. The quantitative estimate of drug-likeness (QED) is 0.222. The van der Waals surface area contributed by atoms with Crippen molar-refractivity contribution in [3.05, 3.63) is 0 Å². The predicted molar refractivity (Wildman–Crippen MR) is 116 cm³/mol. The summed E-state index contributed by atoms with van der Waals surface area (Å²) in [5.41, 5.74) is 0.183. The molecule has 8 heteroatoms. The van der Waals surface area contributed by atoms with Crippen LogP contribution in [0.2, 0.25) is 0 Å². The second kappa shape index (κ2) is 12.7. The first-order valence-electron chi connectivity index (χ1n) is 9.76. The zero-order valence-electron chi connectivity index (χ0n) is 16.3. The number of ether oxygens (including phenoxy) is 1. The predicted octanol–water partition coefficient (Wildman–Crippen LogP) is 1.33. The van der Waals surface area contributed by atoms with Crippen molar-refractivity contribution >= 4 is 35.8 Å². The Kier molecular flexibility index (Phi) is 11.5. The summed E-state index contributed by atoms with van der Waals surface area (Å²) in [5, 5.41) is 9.43. The molecule has 1 heterocycles. The number of nitrogens with one attached hydrogen (secondary N) is 3. The van der Waals surface area contributed by atoms with Crippen molar-refractivity contribution in [2.24, 2.45) is 4.99 Å². The van der Waals surface area contributed by atoms with E-state index in [0.29, 0.717) is 13.1 Å². The van der Waals surface area contributed by atoms with Gasteiger partial charge in [0.1, 0.15) is 0 Å². The molecule has 0 radical (unpaired) electrons. The molecule has 7 nitrogen and oxygen atoms in total. The molecule has 0 bridgehead atoms. The molecule has 0 atom stereocenters. The van der Waals surface area contributed by atoms with Crippen LogP contribution in [-0.4, -0.2) is 74.8 Å². The van der Waals surface area contributed by atoms with Crippen LogP contribution in [0, 0.1) is 0 Å². The first-order valence-corrected chi connectivity index (χ1v) is 9.76. The summed E-state index contributed by atoms with van der Waals surface area (Å²) in [6.45, 7) is 10.2. The molecule has 2 rings (SSSR count). The summed E-state index contributed by atoms with van der Waals surface area (Å²) in [7, 11) is 0. The van der Waals surface area contributed by atoms with Crippen molar-refractivity contribution < 1.29 is 9.53 Å². The number of amides is 1. The molecule has 0 aromatic carbocycles. The van der Waals surface area contributed by atoms with E-state index in [1.54, 1.807) is 0 Å². The highest BCUT2D eigenvalue weighted by molar-refractivity contribution is 14.0. The van der Waals surface area contributed by atoms with Crippen molar-refractivity contribution in [3.8, 4) is 0 Å². The molecule has 1 aliphatic carbocycles. The lowest BCUT2D eigenvalue weighted by Crippen LogP contribution is -2.56. The molecule has 152 valence electrons. The number of guanidine groups is 1. The fourth-order valence-electron chi connectivity index (χ4n) is 3.81. The number of nitrogens with zero attached hydrogens (tertiary/aromatic N) is 2. The van der Waals surface area contributed by atoms with E-state index >= 15 is 0 Å². The van der Waals surface area contributed by atoms with Gasteiger partial charge in [-0.05, 0) is 19.8 Å². The highest BCUT2D eigenvalue weighted by atomic mass is 127. The maximum Gasteiger partial charge on any atom is 0.216 e. The van der Waals surface area contributed by atoms with Gasteiger partial charge < -0.3 is 20.7 Å². The Morgan fingerprint density at radius 3 is 2.35 bits per heavy atom. The maximum absolute atomic E-state index is 11.0. The second-order valence-corrected chi connectivity index (χ2v) is 6.99. The van der Waals surface area contributed by atoms with Crippen LogP contribution in [0.15, 0.2) is 4.99 Å². The lowest BCUT2D eigenvalue weighted by Gasteiger charge is -2.47. The van der Waals surface area contributed by atoms with Crippen LogP contribution in [0.3, 0.4) is 0 Å². The van der Waals surface area contributed by atoms with Gasteiger partial charge in [0.2, 0.25) is 5.91 Å². The average Bonchev–Trinajstić information content (AvgIpc) is 2.64. The number of halogens is 1. The van der Waals surface area contributed by atoms with Gasteiger partial charge in [0.15, 0.2) is 5.96 Å². The molecule has 2 aliphatic rings. The fourth-order valence-corrected chi connectivity index (χ4v) is 3.81. The molecule has 1 amide bonds. The van der Waals surface area contributed by atoms with Crippen molar-refractivity contribution in [1.29, 1.82) is 0 Å². The Morgan fingerprint density at radius 1 is 1.08 bits per heavy atom. The third-order valence-electron chi connectivity index (χ3n) is 5.13. The molecule has 3 N–H and O–H groups in total. The molecule has 2 fully saturated rings. The van der Waals surface area contributed by atoms with Crippen LogP contribution in [0.4, 0.5) is 0 Å². The molecular weight excluding hydrogens is 445 g/mol. The lowest BCUT2D eigenvalue weighted by atomic mass is 9.80. The molecule has 0 unspecified atom stereocenters. The Balaban J connectivity index is 0.00000338. The van der Waals surface area contributed by atoms with Crippen molar-refractivity contribution in [2.45, 2.75) is 51.5 Å². The van der Waals surface area contributed by atoms with E-state index in [0.717, 1.165) is 45.4 Å². The Hall–Kier alpha value is -0.610. The maximum atomic E-state index is 11.0. The van der Waals surface area contributed by atoms with Crippen LogP contribution in [0.1, 0.15) is 46.0 Å². The van der Waals surface area contributed by atoms with E-state index in [9.17, 15) is 4.79 Å². The zero-order valence-corrected chi connectivity index (χ0v) is 18.6. The largest absolute Gasteiger partial charge is 0.379 e. The second-order valence-electron chi connectivity index (χ2n) is 6.99. The summed E-state index contributed by atoms with van der Waals surface area (Å²) < 4.78 is 5.55. The number of morpholine rings is 1. The Labute approximate surface area is 175 Å². The minimum absolute atomic E-state index is 0. The van der Waals surface area contributed by atoms with E-state index in [2.05, 4.69) is 27.8 Å². The van der Waals surface area contributed by atoms with Crippen LogP contribution >= 0.6 is 24.0 Å². The third-order valence-corrected chi connectivity index (χ3v) is 5.13. The van der Waals surface area contributed by atoms with Crippen LogP contribution in [0.25, 0.3) is 0 Å². The summed E-state index contributed by atoms with van der Waals surface area (Å²) in [6, 6.07) is 0. The summed E-state index contributed by atoms with van der Waals surface area (Å²) in [5.74, 6) is 0.836. The Bertz CT molecular complexity index is 435. The normalized spacial score (nSPS) is 20.8. The lowest BCUT2D eigenvalue weighted by molar-refractivity contribution is -0.118. The zero-order chi connectivity index (χ0) is 18.0. The van der Waals surface area contributed by atoms with Gasteiger partial charge in [-0.1, -0.05) is 19.3 Å². The van der Waals surface area contributed by atoms with Gasteiger partial charge in [-0.3, -0.25) is 14.7 Å². The van der Waals surface area contributed by atoms with Gasteiger partial charge >= 0.3 is 0 Å². The first-order chi connectivity index (χ1) is 12.2. The average molecular weight is 481 g/mol. The molecular formula is C18H36IN5O2. The highest BCUT2D eigenvalue weighted by Gasteiger charge is 2.38. The van der Waals surface area contributed by atoms with E-state index < -0.39 is 0 Å². The first kappa shape index (κ1) is 23.4. The third kappa shape index (κ3) is 7.56. The molecule has 1 saturated heterocycles. The molecule has 26 heavy (non-hydrogen) atoms. The number of hydrogen-bond donors (Lipinski definition) is 3. The van der Waals surface area contributed by atoms with Gasteiger partial charge in [0, 0.05) is 45.2 Å². The summed E-state index contributed by atoms with van der Waals surface area (Å²) in [4.78, 5) is 18.5. The van der Waals surface area contributed by atoms with E-state index in [-0.39, 0.29) is 35.4 Å². The van der Waals surface area contributed by atoms with E-state index in [1.165, 1.54) is 39.0 Å². The summed E-state index contributed by atoms with van der Waals surface area (Å²) in [6.07, 6.45) is 6.37. The number of rotatable bonds is 7. The molecule has 0 aromatic heterocycles. The van der Waals surface area contributed by atoms with Gasteiger partial charge in [-0.2, -0.15) is 0 Å². The van der Waals surface area contributed by atoms with E-state index in [1.807, 2.05) is 0 Å². The summed E-state index contributed by atoms with van der Waals surface area (Å²) >= 11 is 0. The van der Waals surface area contributed by atoms with Crippen LogP contribution < -0.4 is 16.0 Å². The monoisotopic (exact) mass is 481 g/mol. The van der Waals surface area contributed by atoms with Gasteiger partial charge in [-0.15, -0.1) is 24.0 Å². The SMILES string of the molecule is CCNC(=NCC1(N2CCOCC2)CCCCC1)NCCNC(C)=O.I. The molecule has 1 saturated carbocycles. The molecule has 0 spiro atoms. The van der Waals surface area contributed by atoms with Crippen LogP contribution in [-0.2, 0) is 9.53 Å². The molecule has 0 aromatic rings. The minimum Gasteiger partial charge on any atom is -0.379 e. The van der Waals surface area contributed by atoms with Crippen molar-refractivity contribution in [2.75, 3.05) is 52.5 Å². The van der Waals surface area contributed by atoms with Gasteiger partial charge in [-0.25, -0.2) is 0 Å². The van der Waals surface area contributed by atoms with Gasteiger partial charge in [0.25, 0.3) is 0 Å².